The van der Waals surface area contributed by atoms with Crippen LogP contribution in [0.2, 0.25) is 0 Å². The summed E-state index contributed by atoms with van der Waals surface area (Å²) in [5.74, 6) is 0.659. The lowest BCUT2D eigenvalue weighted by Gasteiger charge is -2.14. The minimum absolute atomic E-state index is 0.113. The molecule has 3 aromatic rings. The van der Waals surface area contributed by atoms with Crippen LogP contribution in [0.15, 0.2) is 48.0 Å². The first-order valence-corrected chi connectivity index (χ1v) is 7.92. The Morgan fingerprint density at radius 2 is 2.05 bits per heavy atom. The number of rotatable bonds is 5. The fourth-order valence-electron chi connectivity index (χ4n) is 2.20. The number of benzene rings is 1. The van der Waals surface area contributed by atoms with E-state index in [4.69, 9.17) is 4.74 Å². The number of thiophene rings is 1. The number of nitrogens with zero attached hydrogens (tertiary/aromatic N) is 1. The lowest BCUT2D eigenvalue weighted by molar-refractivity contribution is 0.234. The first kappa shape index (κ1) is 13.9. The number of hydrogen-bond donors (Lipinski definition) is 1. The molecule has 0 fully saturated rings. The number of fused-ring (bicyclic) bond motifs is 1. The first-order chi connectivity index (χ1) is 10.2. The second kappa shape index (κ2) is 6.14. The topological polar surface area (TPSA) is 34.1 Å². The molecule has 108 valence electrons. The Kier molecular flexibility index (Phi) is 4.06. The predicted octanol–water partition coefficient (Wildman–Crippen LogP) is 4.70. The average Bonchev–Trinajstić information content (AvgIpc) is 2.89. The molecule has 0 aliphatic heterocycles. The molecule has 0 radical (unpaired) electrons. The van der Waals surface area contributed by atoms with Crippen LogP contribution in [0.5, 0.6) is 5.88 Å². The van der Waals surface area contributed by atoms with Gasteiger partial charge in [0.05, 0.1) is 11.8 Å². The van der Waals surface area contributed by atoms with Crippen molar-refractivity contribution in [2.24, 2.45) is 0 Å². The van der Waals surface area contributed by atoms with Crippen molar-refractivity contribution < 1.29 is 4.74 Å². The fourth-order valence-corrected chi connectivity index (χ4v) is 3.17. The Balaban J connectivity index is 1.79. The first-order valence-electron chi connectivity index (χ1n) is 7.04. The third kappa shape index (κ3) is 3.16. The summed E-state index contributed by atoms with van der Waals surface area (Å²) < 4.78 is 7.05. The van der Waals surface area contributed by atoms with Gasteiger partial charge in [-0.2, -0.15) is 0 Å². The van der Waals surface area contributed by atoms with Crippen LogP contribution in [-0.4, -0.2) is 11.1 Å². The van der Waals surface area contributed by atoms with Gasteiger partial charge in [0.15, 0.2) is 0 Å². The summed E-state index contributed by atoms with van der Waals surface area (Å²) in [6.45, 7) is 4.78. The molecule has 3 nitrogen and oxygen atoms in total. The molecule has 0 saturated heterocycles. The molecular weight excluding hydrogens is 280 g/mol. The van der Waals surface area contributed by atoms with Gasteiger partial charge in [-0.3, -0.25) is 0 Å². The maximum absolute atomic E-state index is 5.73. The summed E-state index contributed by atoms with van der Waals surface area (Å²) in [4.78, 5) is 4.30. The Labute approximate surface area is 128 Å². The summed E-state index contributed by atoms with van der Waals surface area (Å²) in [6, 6.07) is 12.4. The van der Waals surface area contributed by atoms with Gasteiger partial charge in [0.1, 0.15) is 0 Å². The molecule has 1 N–H and O–H groups in total. The molecule has 2 aromatic heterocycles. The van der Waals surface area contributed by atoms with E-state index in [0.717, 1.165) is 12.2 Å². The van der Waals surface area contributed by atoms with Crippen LogP contribution in [0.3, 0.4) is 0 Å². The zero-order chi connectivity index (χ0) is 14.7. The molecule has 0 aliphatic rings. The summed E-state index contributed by atoms with van der Waals surface area (Å²) in [5, 5.41) is 6.95. The van der Waals surface area contributed by atoms with Crippen molar-refractivity contribution in [3.63, 3.8) is 0 Å². The normalized spacial score (nSPS) is 11.0. The van der Waals surface area contributed by atoms with Gasteiger partial charge in [-0.1, -0.05) is 18.2 Å². The molecule has 2 heterocycles. The van der Waals surface area contributed by atoms with Crippen molar-refractivity contribution in [1.82, 2.24) is 4.98 Å². The van der Waals surface area contributed by atoms with Crippen molar-refractivity contribution in [1.29, 1.82) is 0 Å². The van der Waals surface area contributed by atoms with Crippen molar-refractivity contribution >= 4 is 27.1 Å². The SMILES string of the molecule is CC(C)Oc1ncccc1NCc1csc2ccccc12. The van der Waals surface area contributed by atoms with E-state index in [9.17, 15) is 0 Å². The Bertz CT molecular complexity index is 736. The maximum atomic E-state index is 5.73. The molecule has 0 saturated carbocycles. The van der Waals surface area contributed by atoms with Crippen molar-refractivity contribution in [2.45, 2.75) is 26.5 Å². The largest absolute Gasteiger partial charge is 0.473 e. The van der Waals surface area contributed by atoms with E-state index in [1.807, 2.05) is 26.0 Å². The van der Waals surface area contributed by atoms with Gasteiger partial charge < -0.3 is 10.1 Å². The van der Waals surface area contributed by atoms with E-state index in [-0.39, 0.29) is 6.10 Å². The van der Waals surface area contributed by atoms with Crippen LogP contribution < -0.4 is 10.1 Å². The fraction of sp³-hybridized carbons (Fsp3) is 0.235. The molecule has 1 aromatic carbocycles. The zero-order valence-corrected chi connectivity index (χ0v) is 13.0. The monoisotopic (exact) mass is 298 g/mol. The molecule has 0 unspecified atom stereocenters. The zero-order valence-electron chi connectivity index (χ0n) is 12.2. The molecule has 3 rings (SSSR count). The van der Waals surface area contributed by atoms with Crippen LogP contribution in [-0.2, 0) is 6.54 Å². The van der Waals surface area contributed by atoms with Crippen LogP contribution in [0.25, 0.3) is 10.1 Å². The van der Waals surface area contributed by atoms with Gasteiger partial charge in [-0.05, 0) is 48.4 Å². The van der Waals surface area contributed by atoms with E-state index in [0.29, 0.717) is 5.88 Å². The third-order valence-electron chi connectivity index (χ3n) is 3.15. The van der Waals surface area contributed by atoms with Crippen LogP contribution in [0, 0.1) is 0 Å². The second-order valence-electron chi connectivity index (χ2n) is 5.13. The van der Waals surface area contributed by atoms with Crippen molar-refractivity contribution in [3.05, 3.63) is 53.5 Å². The lowest BCUT2D eigenvalue weighted by Crippen LogP contribution is -2.09. The molecule has 0 atom stereocenters. The molecule has 21 heavy (non-hydrogen) atoms. The Morgan fingerprint density at radius 1 is 1.19 bits per heavy atom. The summed E-state index contributed by atoms with van der Waals surface area (Å²) in [7, 11) is 0. The van der Waals surface area contributed by atoms with Gasteiger partial charge >= 0.3 is 0 Å². The number of pyridine rings is 1. The number of ether oxygens (including phenoxy) is 1. The van der Waals surface area contributed by atoms with Gasteiger partial charge in [0.25, 0.3) is 0 Å². The van der Waals surface area contributed by atoms with Gasteiger partial charge in [0, 0.05) is 17.4 Å². The van der Waals surface area contributed by atoms with E-state index in [1.54, 1.807) is 17.5 Å². The van der Waals surface area contributed by atoms with Gasteiger partial charge in [-0.25, -0.2) is 4.98 Å². The highest BCUT2D eigenvalue weighted by Gasteiger charge is 2.08. The third-order valence-corrected chi connectivity index (χ3v) is 4.16. The molecule has 4 heteroatoms. The molecular formula is C17H18N2OS. The van der Waals surface area contributed by atoms with Crippen LogP contribution in [0.1, 0.15) is 19.4 Å². The Hall–Kier alpha value is -2.07. The van der Waals surface area contributed by atoms with Crippen LogP contribution >= 0.6 is 11.3 Å². The summed E-state index contributed by atoms with van der Waals surface area (Å²) >= 11 is 1.78. The lowest BCUT2D eigenvalue weighted by atomic mass is 10.2. The van der Waals surface area contributed by atoms with Crippen molar-refractivity contribution in [2.75, 3.05) is 5.32 Å². The Morgan fingerprint density at radius 3 is 2.90 bits per heavy atom. The standard InChI is InChI=1S/C17H18N2OS/c1-12(2)20-17-15(7-5-9-18-17)19-10-13-11-21-16-8-4-3-6-14(13)16/h3-9,11-12,19H,10H2,1-2H3. The number of hydrogen-bond acceptors (Lipinski definition) is 4. The van der Waals surface area contributed by atoms with Crippen molar-refractivity contribution in [3.8, 4) is 5.88 Å². The van der Waals surface area contributed by atoms with E-state index < -0.39 is 0 Å². The summed E-state index contributed by atoms with van der Waals surface area (Å²) in [5.41, 5.74) is 2.23. The molecule has 0 amide bonds. The van der Waals surface area contributed by atoms with Gasteiger partial charge in [-0.15, -0.1) is 11.3 Å². The highest BCUT2D eigenvalue weighted by molar-refractivity contribution is 7.17. The minimum atomic E-state index is 0.113. The quantitative estimate of drug-likeness (QED) is 0.741. The van der Waals surface area contributed by atoms with Crippen LogP contribution in [0.4, 0.5) is 5.69 Å². The predicted molar refractivity (Wildman–Crippen MR) is 89.2 cm³/mol. The molecule has 0 bridgehead atoms. The van der Waals surface area contributed by atoms with E-state index in [1.165, 1.54) is 15.6 Å². The smallest absolute Gasteiger partial charge is 0.237 e. The molecule has 0 aliphatic carbocycles. The van der Waals surface area contributed by atoms with E-state index in [2.05, 4.69) is 39.9 Å². The minimum Gasteiger partial charge on any atom is -0.473 e. The second-order valence-corrected chi connectivity index (χ2v) is 6.04. The average molecular weight is 298 g/mol. The number of nitrogens with one attached hydrogen (secondary N) is 1. The van der Waals surface area contributed by atoms with E-state index >= 15 is 0 Å². The van der Waals surface area contributed by atoms with Gasteiger partial charge in [0.2, 0.25) is 5.88 Å². The number of aromatic nitrogens is 1. The highest BCUT2D eigenvalue weighted by Crippen LogP contribution is 2.28. The molecule has 0 spiro atoms. The number of anilines is 1. The summed E-state index contributed by atoms with van der Waals surface area (Å²) in [6.07, 6.45) is 1.87. The highest BCUT2D eigenvalue weighted by atomic mass is 32.1. The maximum Gasteiger partial charge on any atom is 0.237 e.